The van der Waals surface area contributed by atoms with Crippen LogP contribution >= 0.6 is 0 Å². The average Bonchev–Trinajstić information content (AvgIpc) is 2.94. The molecule has 1 unspecified atom stereocenters. The van der Waals surface area contributed by atoms with Crippen molar-refractivity contribution < 1.29 is 19.4 Å². The first kappa shape index (κ1) is 15.3. The molecule has 0 aromatic rings. The highest BCUT2D eigenvalue weighted by molar-refractivity contribution is 5.80. The molecule has 0 aromatic heterocycles. The van der Waals surface area contributed by atoms with Crippen LogP contribution in [0.25, 0.3) is 0 Å². The van der Waals surface area contributed by atoms with Crippen LogP contribution in [0, 0.1) is 16.7 Å². The van der Waals surface area contributed by atoms with Gasteiger partial charge in [0.05, 0.1) is 6.07 Å². The van der Waals surface area contributed by atoms with E-state index in [0.29, 0.717) is 6.42 Å². The molecule has 1 atom stereocenters. The maximum Gasteiger partial charge on any atom is 0.408 e. The van der Waals surface area contributed by atoms with E-state index in [2.05, 4.69) is 11.4 Å². The van der Waals surface area contributed by atoms with Gasteiger partial charge in [0, 0.05) is 6.42 Å². The zero-order chi connectivity index (χ0) is 14.7. The molecule has 19 heavy (non-hydrogen) atoms. The summed E-state index contributed by atoms with van der Waals surface area (Å²) >= 11 is 0. The van der Waals surface area contributed by atoms with Crippen molar-refractivity contribution in [2.45, 2.75) is 58.1 Å². The quantitative estimate of drug-likeness (QED) is 0.794. The Morgan fingerprint density at radius 3 is 2.42 bits per heavy atom. The molecular formula is C13H20N2O4. The standard InChI is InChI=1S/C13H20N2O4/c1-12(2,3)19-11(18)15-9(10(16)17)8-13(4-5-13)6-7-14/h9H,4-6,8H2,1-3H3,(H,15,18)(H,16,17). The molecule has 2 N–H and O–H groups in total. The first-order valence-corrected chi connectivity index (χ1v) is 6.27. The van der Waals surface area contributed by atoms with Gasteiger partial charge in [-0.1, -0.05) is 0 Å². The van der Waals surface area contributed by atoms with E-state index in [1.165, 1.54) is 0 Å². The van der Waals surface area contributed by atoms with Crippen LogP contribution in [0.2, 0.25) is 0 Å². The maximum atomic E-state index is 11.6. The topological polar surface area (TPSA) is 99.4 Å². The molecule has 0 saturated heterocycles. The van der Waals surface area contributed by atoms with Gasteiger partial charge in [-0.05, 0) is 45.4 Å². The highest BCUT2D eigenvalue weighted by Crippen LogP contribution is 2.52. The van der Waals surface area contributed by atoms with Crippen LogP contribution in [0.15, 0.2) is 0 Å². The molecule has 1 rings (SSSR count). The lowest BCUT2D eigenvalue weighted by Gasteiger charge is -2.23. The fourth-order valence-corrected chi connectivity index (χ4v) is 1.88. The van der Waals surface area contributed by atoms with Gasteiger partial charge < -0.3 is 15.2 Å². The van der Waals surface area contributed by atoms with Crippen molar-refractivity contribution >= 4 is 12.1 Å². The lowest BCUT2D eigenvalue weighted by Crippen LogP contribution is -2.44. The van der Waals surface area contributed by atoms with Crippen LogP contribution in [0.3, 0.4) is 0 Å². The van der Waals surface area contributed by atoms with Crippen LogP contribution in [0.5, 0.6) is 0 Å². The number of nitrogens with zero attached hydrogens (tertiary/aromatic N) is 1. The number of carboxylic acids is 1. The Labute approximate surface area is 112 Å². The SMILES string of the molecule is CC(C)(C)OC(=O)NC(CC1(CC#N)CC1)C(=O)O. The maximum absolute atomic E-state index is 11.6. The van der Waals surface area contributed by atoms with E-state index in [1.807, 2.05) is 0 Å². The van der Waals surface area contributed by atoms with Crippen molar-refractivity contribution in [1.29, 1.82) is 5.26 Å². The van der Waals surface area contributed by atoms with E-state index in [0.717, 1.165) is 12.8 Å². The van der Waals surface area contributed by atoms with Crippen molar-refractivity contribution in [1.82, 2.24) is 5.32 Å². The van der Waals surface area contributed by atoms with Crippen molar-refractivity contribution in [3.05, 3.63) is 0 Å². The van der Waals surface area contributed by atoms with E-state index < -0.39 is 23.7 Å². The van der Waals surface area contributed by atoms with Gasteiger partial charge >= 0.3 is 12.1 Å². The fourth-order valence-electron chi connectivity index (χ4n) is 1.88. The molecular weight excluding hydrogens is 248 g/mol. The summed E-state index contributed by atoms with van der Waals surface area (Å²) in [6, 6.07) is 1.06. The minimum absolute atomic E-state index is 0.243. The molecule has 6 nitrogen and oxygen atoms in total. The van der Waals surface area contributed by atoms with Crippen LogP contribution in [0.1, 0.15) is 46.5 Å². The molecule has 0 bridgehead atoms. The molecule has 106 valence electrons. The third-order valence-corrected chi connectivity index (χ3v) is 3.04. The molecule has 0 radical (unpaired) electrons. The first-order chi connectivity index (χ1) is 8.67. The number of nitriles is 1. The molecule has 0 spiro atoms. The van der Waals surface area contributed by atoms with Crippen molar-refractivity contribution in [3.63, 3.8) is 0 Å². The highest BCUT2D eigenvalue weighted by Gasteiger charge is 2.45. The summed E-state index contributed by atoms with van der Waals surface area (Å²) in [5.74, 6) is -1.10. The summed E-state index contributed by atoms with van der Waals surface area (Å²) < 4.78 is 5.03. The van der Waals surface area contributed by atoms with Gasteiger partial charge in [-0.2, -0.15) is 5.26 Å². The number of carboxylic acid groups (broad SMARTS) is 1. The normalized spacial score (nSPS) is 18.0. The third-order valence-electron chi connectivity index (χ3n) is 3.04. The van der Waals surface area contributed by atoms with Crippen molar-refractivity contribution in [2.75, 3.05) is 0 Å². The molecule has 1 aliphatic carbocycles. The van der Waals surface area contributed by atoms with Crippen LogP contribution in [-0.4, -0.2) is 28.8 Å². The first-order valence-electron chi connectivity index (χ1n) is 6.27. The lowest BCUT2D eigenvalue weighted by molar-refractivity contribution is -0.140. The predicted molar refractivity (Wildman–Crippen MR) is 67.3 cm³/mol. The lowest BCUT2D eigenvalue weighted by atomic mass is 9.94. The van der Waals surface area contributed by atoms with Gasteiger partial charge in [0.2, 0.25) is 0 Å². The molecule has 0 heterocycles. The Morgan fingerprint density at radius 2 is 2.05 bits per heavy atom. The van der Waals surface area contributed by atoms with Crippen LogP contribution < -0.4 is 5.32 Å². The Balaban J connectivity index is 2.57. The Hall–Kier alpha value is -1.77. The fraction of sp³-hybridized carbons (Fsp3) is 0.769. The zero-order valence-electron chi connectivity index (χ0n) is 11.5. The monoisotopic (exact) mass is 268 g/mol. The second kappa shape index (κ2) is 5.47. The number of aliphatic carboxylic acids is 1. The molecule has 1 fully saturated rings. The van der Waals surface area contributed by atoms with E-state index in [9.17, 15) is 9.59 Å². The van der Waals surface area contributed by atoms with Gasteiger partial charge in [0.15, 0.2) is 0 Å². The van der Waals surface area contributed by atoms with E-state index >= 15 is 0 Å². The second-order valence-corrected chi connectivity index (χ2v) is 6.08. The highest BCUT2D eigenvalue weighted by atomic mass is 16.6. The number of hydrogen-bond acceptors (Lipinski definition) is 4. The van der Waals surface area contributed by atoms with Gasteiger partial charge in [-0.3, -0.25) is 0 Å². The van der Waals surface area contributed by atoms with Crippen molar-refractivity contribution in [3.8, 4) is 6.07 Å². The van der Waals surface area contributed by atoms with E-state index in [-0.39, 0.29) is 11.8 Å². The number of alkyl carbamates (subject to hydrolysis) is 1. The minimum Gasteiger partial charge on any atom is -0.480 e. The third kappa shape index (κ3) is 5.16. The summed E-state index contributed by atoms with van der Waals surface area (Å²) in [5, 5.41) is 20.2. The van der Waals surface area contributed by atoms with Gasteiger partial charge in [-0.25, -0.2) is 9.59 Å². The van der Waals surface area contributed by atoms with Gasteiger partial charge in [-0.15, -0.1) is 0 Å². The largest absolute Gasteiger partial charge is 0.480 e. The summed E-state index contributed by atoms with van der Waals surface area (Å²) in [5.41, 5.74) is -0.913. The van der Waals surface area contributed by atoms with Gasteiger partial charge in [0.1, 0.15) is 11.6 Å². The molecule has 0 aliphatic heterocycles. The number of amides is 1. The molecule has 0 aromatic carbocycles. The van der Waals surface area contributed by atoms with Gasteiger partial charge in [0.25, 0.3) is 0 Å². The molecule has 1 aliphatic rings. The zero-order valence-corrected chi connectivity index (χ0v) is 11.5. The number of carbonyl (C=O) groups excluding carboxylic acids is 1. The second-order valence-electron chi connectivity index (χ2n) is 6.08. The van der Waals surface area contributed by atoms with Crippen molar-refractivity contribution in [2.24, 2.45) is 5.41 Å². The average molecular weight is 268 g/mol. The molecule has 6 heteroatoms. The number of ether oxygens (including phenoxy) is 1. The summed E-state index contributed by atoms with van der Waals surface area (Å²) in [7, 11) is 0. The van der Waals surface area contributed by atoms with E-state index in [4.69, 9.17) is 15.1 Å². The smallest absolute Gasteiger partial charge is 0.408 e. The predicted octanol–water partition coefficient (Wildman–Crippen LogP) is 2.05. The molecule has 1 amide bonds. The Kier molecular flexibility index (Phi) is 4.40. The summed E-state index contributed by atoms with van der Waals surface area (Å²) in [4.78, 5) is 22.7. The summed E-state index contributed by atoms with van der Waals surface area (Å²) in [6.45, 7) is 5.13. The Bertz CT molecular complexity index is 402. The van der Waals surface area contributed by atoms with E-state index in [1.54, 1.807) is 20.8 Å². The number of hydrogen-bond donors (Lipinski definition) is 2. The van der Waals surface area contributed by atoms with Crippen LogP contribution in [0.4, 0.5) is 4.79 Å². The number of rotatable bonds is 5. The number of nitrogens with one attached hydrogen (secondary N) is 1. The van der Waals surface area contributed by atoms with Crippen LogP contribution in [-0.2, 0) is 9.53 Å². The summed E-state index contributed by atoms with van der Waals surface area (Å²) in [6.07, 6.45) is 1.52. The molecule has 1 saturated carbocycles. The minimum atomic E-state index is -1.10. The number of carbonyl (C=O) groups is 2. The Morgan fingerprint density at radius 1 is 1.47 bits per heavy atom.